The number of rotatable bonds is 8. The van der Waals surface area contributed by atoms with Gasteiger partial charge in [0.25, 0.3) is 0 Å². The first-order valence-corrected chi connectivity index (χ1v) is 9.42. The Labute approximate surface area is 156 Å². The van der Waals surface area contributed by atoms with Crippen LogP contribution in [0.25, 0.3) is 0 Å². The molecule has 0 aliphatic heterocycles. The van der Waals surface area contributed by atoms with E-state index in [1.54, 1.807) is 0 Å². The van der Waals surface area contributed by atoms with Crippen LogP contribution >= 0.6 is 12.2 Å². The van der Waals surface area contributed by atoms with Crippen molar-refractivity contribution in [1.82, 2.24) is 5.32 Å². The first kappa shape index (κ1) is 19.3. The lowest BCUT2D eigenvalue weighted by atomic mass is 10.1. The van der Waals surface area contributed by atoms with Gasteiger partial charge in [-0.3, -0.25) is 0 Å². The average Bonchev–Trinajstić information content (AvgIpc) is 2.62. The van der Waals surface area contributed by atoms with Crippen LogP contribution in [0.3, 0.4) is 0 Å². The number of hydrogen-bond acceptors (Lipinski definition) is 2. The number of hydrogen-bond donors (Lipinski definition) is 2. The lowest BCUT2D eigenvalue weighted by molar-refractivity contribution is 0.340. The van der Waals surface area contributed by atoms with E-state index in [-0.39, 0.29) is 6.04 Å². The van der Waals surface area contributed by atoms with Crippen molar-refractivity contribution in [3.8, 4) is 5.75 Å². The monoisotopic (exact) mass is 356 g/mol. The normalized spacial score (nSPS) is 11.6. The van der Waals surface area contributed by atoms with E-state index < -0.39 is 0 Å². The Bertz CT molecular complexity index is 653. The quantitative estimate of drug-likeness (QED) is 0.614. The molecule has 1 unspecified atom stereocenters. The smallest absolute Gasteiger partial charge is 0.171 e. The minimum absolute atomic E-state index is 0.125. The summed E-state index contributed by atoms with van der Waals surface area (Å²) < 4.78 is 5.48. The first-order valence-electron chi connectivity index (χ1n) is 9.01. The van der Waals surface area contributed by atoms with E-state index in [1.165, 1.54) is 24.0 Å². The molecule has 0 aromatic heterocycles. The van der Waals surface area contributed by atoms with Gasteiger partial charge in [0.2, 0.25) is 0 Å². The van der Waals surface area contributed by atoms with E-state index in [0.29, 0.717) is 11.7 Å². The molecule has 0 aliphatic carbocycles. The molecule has 0 spiro atoms. The van der Waals surface area contributed by atoms with Gasteiger partial charge in [-0.05, 0) is 74.3 Å². The number of thiocarbonyl (C=S) groups is 1. The minimum atomic E-state index is 0.125. The van der Waals surface area contributed by atoms with Crippen LogP contribution in [-0.2, 0) is 6.42 Å². The summed E-state index contributed by atoms with van der Waals surface area (Å²) in [5.74, 6) is 0.891. The molecule has 2 N–H and O–H groups in total. The number of aryl methyl sites for hydroxylation is 1. The second kappa shape index (κ2) is 10.0. The molecular formula is C21H28N2OS. The Kier molecular flexibility index (Phi) is 7.74. The van der Waals surface area contributed by atoms with Crippen LogP contribution in [-0.4, -0.2) is 11.7 Å². The Balaban J connectivity index is 1.86. The number of benzene rings is 2. The van der Waals surface area contributed by atoms with Crippen molar-refractivity contribution in [3.05, 3.63) is 59.7 Å². The maximum absolute atomic E-state index is 5.48. The van der Waals surface area contributed by atoms with Gasteiger partial charge in [-0.25, -0.2) is 0 Å². The maximum atomic E-state index is 5.48. The van der Waals surface area contributed by atoms with Gasteiger partial charge in [-0.1, -0.05) is 37.6 Å². The highest BCUT2D eigenvalue weighted by Crippen LogP contribution is 2.18. The maximum Gasteiger partial charge on any atom is 0.171 e. The largest absolute Gasteiger partial charge is 0.494 e. The van der Waals surface area contributed by atoms with E-state index >= 15 is 0 Å². The number of ether oxygens (including phenoxy) is 1. The predicted octanol–water partition coefficient (Wildman–Crippen LogP) is 5.48. The van der Waals surface area contributed by atoms with Crippen LogP contribution in [0.1, 0.15) is 50.8 Å². The summed E-state index contributed by atoms with van der Waals surface area (Å²) in [6.45, 7) is 6.97. The predicted molar refractivity (Wildman–Crippen MR) is 110 cm³/mol. The second-order valence-corrected chi connectivity index (χ2v) is 6.53. The van der Waals surface area contributed by atoms with Crippen molar-refractivity contribution in [1.29, 1.82) is 0 Å². The zero-order chi connectivity index (χ0) is 18.1. The lowest BCUT2D eigenvalue weighted by Crippen LogP contribution is -2.30. The van der Waals surface area contributed by atoms with Crippen LogP contribution in [0.2, 0.25) is 0 Å². The van der Waals surface area contributed by atoms with E-state index in [9.17, 15) is 0 Å². The van der Waals surface area contributed by atoms with E-state index in [0.717, 1.165) is 17.9 Å². The molecule has 3 nitrogen and oxygen atoms in total. The molecule has 0 heterocycles. The van der Waals surface area contributed by atoms with Gasteiger partial charge in [0.15, 0.2) is 5.11 Å². The Morgan fingerprint density at radius 1 is 1.04 bits per heavy atom. The van der Waals surface area contributed by atoms with Crippen LogP contribution < -0.4 is 15.4 Å². The molecule has 2 aromatic rings. The molecule has 4 heteroatoms. The molecule has 0 aliphatic rings. The molecule has 25 heavy (non-hydrogen) atoms. The van der Waals surface area contributed by atoms with E-state index in [2.05, 4.69) is 60.9 Å². The molecular weight excluding hydrogens is 328 g/mol. The van der Waals surface area contributed by atoms with Gasteiger partial charge in [-0.15, -0.1) is 0 Å². The third kappa shape index (κ3) is 6.39. The summed E-state index contributed by atoms with van der Waals surface area (Å²) in [6.07, 6.45) is 3.58. The summed E-state index contributed by atoms with van der Waals surface area (Å²) in [6, 6.07) is 16.7. The van der Waals surface area contributed by atoms with Gasteiger partial charge < -0.3 is 15.4 Å². The second-order valence-electron chi connectivity index (χ2n) is 6.12. The fourth-order valence-electron chi connectivity index (χ4n) is 2.60. The number of nitrogens with one attached hydrogen (secondary N) is 2. The first-order chi connectivity index (χ1) is 12.1. The highest BCUT2D eigenvalue weighted by atomic mass is 32.1. The van der Waals surface area contributed by atoms with Crippen LogP contribution in [0, 0.1) is 0 Å². The molecule has 0 fully saturated rings. The third-order valence-corrected chi connectivity index (χ3v) is 4.29. The molecule has 2 rings (SSSR count). The molecule has 134 valence electrons. The van der Waals surface area contributed by atoms with Crippen molar-refractivity contribution >= 4 is 23.0 Å². The SMILES string of the molecule is CCCCc1ccc(NC(=S)NC(C)c2ccc(OCC)cc2)cc1. The van der Waals surface area contributed by atoms with Crippen LogP contribution in [0.4, 0.5) is 5.69 Å². The fraction of sp³-hybridized carbons (Fsp3) is 0.381. The van der Waals surface area contributed by atoms with E-state index in [4.69, 9.17) is 17.0 Å². The number of unbranched alkanes of at least 4 members (excludes halogenated alkanes) is 1. The Morgan fingerprint density at radius 2 is 1.72 bits per heavy atom. The lowest BCUT2D eigenvalue weighted by Gasteiger charge is -2.18. The molecule has 0 saturated carbocycles. The molecule has 0 bridgehead atoms. The zero-order valence-electron chi connectivity index (χ0n) is 15.3. The minimum Gasteiger partial charge on any atom is -0.494 e. The molecule has 0 saturated heterocycles. The van der Waals surface area contributed by atoms with Gasteiger partial charge in [-0.2, -0.15) is 0 Å². The highest BCUT2D eigenvalue weighted by Gasteiger charge is 2.07. The van der Waals surface area contributed by atoms with Crippen molar-refractivity contribution in [3.63, 3.8) is 0 Å². The molecule has 0 amide bonds. The van der Waals surface area contributed by atoms with Crippen LogP contribution in [0.5, 0.6) is 5.75 Å². The standard InChI is InChI=1S/C21H28N2OS/c1-4-6-7-17-8-12-19(13-9-17)23-21(25)22-16(3)18-10-14-20(15-11-18)24-5-2/h8-16H,4-7H2,1-3H3,(H2,22,23,25). The molecule has 1 atom stereocenters. The summed E-state index contributed by atoms with van der Waals surface area (Å²) in [5, 5.41) is 7.21. The molecule has 2 aromatic carbocycles. The summed E-state index contributed by atoms with van der Waals surface area (Å²) in [4.78, 5) is 0. The van der Waals surface area contributed by atoms with Gasteiger partial charge in [0.1, 0.15) is 5.75 Å². The third-order valence-electron chi connectivity index (χ3n) is 4.07. The van der Waals surface area contributed by atoms with Gasteiger partial charge in [0.05, 0.1) is 12.6 Å². The van der Waals surface area contributed by atoms with Crippen molar-refractivity contribution in [2.75, 3.05) is 11.9 Å². The summed E-state index contributed by atoms with van der Waals surface area (Å²) >= 11 is 5.44. The topological polar surface area (TPSA) is 33.3 Å². The summed E-state index contributed by atoms with van der Waals surface area (Å²) in [7, 11) is 0. The van der Waals surface area contributed by atoms with Crippen molar-refractivity contribution < 1.29 is 4.74 Å². The van der Waals surface area contributed by atoms with Crippen molar-refractivity contribution in [2.24, 2.45) is 0 Å². The Morgan fingerprint density at radius 3 is 2.32 bits per heavy atom. The van der Waals surface area contributed by atoms with Gasteiger partial charge in [0, 0.05) is 5.69 Å². The fourth-order valence-corrected chi connectivity index (χ4v) is 2.90. The van der Waals surface area contributed by atoms with Crippen LogP contribution in [0.15, 0.2) is 48.5 Å². The highest BCUT2D eigenvalue weighted by molar-refractivity contribution is 7.80. The summed E-state index contributed by atoms with van der Waals surface area (Å²) in [5.41, 5.74) is 3.55. The van der Waals surface area contributed by atoms with Gasteiger partial charge >= 0.3 is 0 Å². The molecule has 0 radical (unpaired) electrons. The van der Waals surface area contributed by atoms with Crippen molar-refractivity contribution in [2.45, 2.75) is 46.1 Å². The van der Waals surface area contributed by atoms with E-state index in [1.807, 2.05) is 19.1 Å². The number of anilines is 1. The Hall–Kier alpha value is -2.07. The zero-order valence-corrected chi connectivity index (χ0v) is 16.2. The average molecular weight is 357 g/mol.